The normalized spacial score (nSPS) is 14.8. The minimum atomic E-state index is 0.195. The molecule has 1 heterocycles. The molecule has 0 radical (unpaired) electrons. The molecule has 168 valence electrons. The van der Waals surface area contributed by atoms with Gasteiger partial charge in [-0.2, -0.15) is 0 Å². The van der Waals surface area contributed by atoms with Crippen LogP contribution < -0.4 is 0 Å². The van der Waals surface area contributed by atoms with Gasteiger partial charge < -0.3 is 24.1 Å². The van der Waals surface area contributed by atoms with Crippen LogP contribution in [0.15, 0.2) is 57.0 Å². The summed E-state index contributed by atoms with van der Waals surface area (Å²) in [5, 5.41) is 16.4. The summed E-state index contributed by atoms with van der Waals surface area (Å²) in [6.45, 7) is 11.2. The third-order valence-electron chi connectivity index (χ3n) is 4.00. The van der Waals surface area contributed by atoms with E-state index in [1.807, 2.05) is 45.0 Å². The van der Waals surface area contributed by atoms with Crippen molar-refractivity contribution in [2.45, 2.75) is 40.2 Å². The molecule has 0 N–H and O–H groups in total. The molecule has 9 heteroatoms. The number of hydrogen-bond donors (Lipinski definition) is 0. The van der Waals surface area contributed by atoms with Gasteiger partial charge in [-0.25, -0.2) is 0 Å². The Bertz CT molecular complexity index is 861. The van der Waals surface area contributed by atoms with Crippen LogP contribution in [0.3, 0.4) is 0 Å². The third-order valence-corrected chi connectivity index (χ3v) is 4.00. The largest absolute Gasteiger partial charge is 0.470 e. The van der Waals surface area contributed by atoms with Gasteiger partial charge in [-0.1, -0.05) is 58.8 Å². The summed E-state index contributed by atoms with van der Waals surface area (Å²) in [5.74, 6) is 0.254. The number of allylic oxidation sites excluding steroid dienone is 1. The molecule has 1 aliphatic heterocycles. The number of oxime groups is 4. The minimum Gasteiger partial charge on any atom is -0.470 e. The van der Waals surface area contributed by atoms with Crippen molar-refractivity contribution < 1.29 is 24.1 Å². The van der Waals surface area contributed by atoms with E-state index in [1.54, 1.807) is 0 Å². The standard InChI is InChI=1S/C22H30N4O5/c1-6-11-29-24-20(14-16(2)3)17(4)23-31-15-18-9-7-8-10-19(18)21(25-27-5)22-26-30-13-12-28-22/h7-10H,2,6,11-15H2,1,3-5H3/b23-17+,24-20+,25-21+. The molecule has 0 saturated heterocycles. The van der Waals surface area contributed by atoms with Gasteiger partial charge in [-0.15, -0.1) is 0 Å². The van der Waals surface area contributed by atoms with E-state index in [0.717, 1.165) is 23.1 Å². The SMILES string of the molecule is C=C(C)CC(=N\OCCC)/C(C)=N/OCc1ccccc1/C(=N\OC)C1=NOCCO1. The van der Waals surface area contributed by atoms with E-state index in [1.165, 1.54) is 7.11 Å². The smallest absolute Gasteiger partial charge is 0.280 e. The highest BCUT2D eigenvalue weighted by Gasteiger charge is 2.21. The highest BCUT2D eigenvalue weighted by Crippen LogP contribution is 2.15. The summed E-state index contributed by atoms with van der Waals surface area (Å²) in [6.07, 6.45) is 1.43. The van der Waals surface area contributed by atoms with Crippen LogP contribution in [0, 0.1) is 0 Å². The first-order valence-electron chi connectivity index (χ1n) is 10.1. The Morgan fingerprint density at radius 1 is 1.13 bits per heavy atom. The monoisotopic (exact) mass is 430 g/mol. The fraction of sp³-hybridized carbons (Fsp3) is 0.455. The van der Waals surface area contributed by atoms with Crippen LogP contribution >= 0.6 is 0 Å². The van der Waals surface area contributed by atoms with Crippen LogP contribution in [0.25, 0.3) is 0 Å². The van der Waals surface area contributed by atoms with Gasteiger partial charge in [0.05, 0.1) is 0 Å². The number of rotatable bonds is 12. The van der Waals surface area contributed by atoms with Crippen molar-refractivity contribution in [1.82, 2.24) is 0 Å². The molecule has 1 aromatic carbocycles. The zero-order valence-corrected chi connectivity index (χ0v) is 18.6. The van der Waals surface area contributed by atoms with Gasteiger partial charge in [-0.3, -0.25) is 0 Å². The molecule has 0 bridgehead atoms. The Kier molecular flexibility index (Phi) is 10.1. The Hall–Kier alpha value is -3.36. The van der Waals surface area contributed by atoms with Gasteiger partial charge in [0.25, 0.3) is 5.90 Å². The molecule has 2 rings (SSSR count). The van der Waals surface area contributed by atoms with Crippen LogP contribution in [0.4, 0.5) is 0 Å². The molecule has 31 heavy (non-hydrogen) atoms. The quantitative estimate of drug-likeness (QED) is 0.216. The number of hydrogen-bond acceptors (Lipinski definition) is 9. The van der Waals surface area contributed by atoms with E-state index in [9.17, 15) is 0 Å². The van der Waals surface area contributed by atoms with E-state index in [2.05, 4.69) is 27.2 Å². The Balaban J connectivity index is 2.18. The second-order valence-corrected chi connectivity index (χ2v) is 6.81. The fourth-order valence-electron chi connectivity index (χ4n) is 2.57. The van der Waals surface area contributed by atoms with Crippen molar-refractivity contribution in [3.63, 3.8) is 0 Å². The van der Waals surface area contributed by atoms with Gasteiger partial charge in [0.15, 0.2) is 12.3 Å². The lowest BCUT2D eigenvalue weighted by Crippen LogP contribution is -2.26. The van der Waals surface area contributed by atoms with E-state index in [-0.39, 0.29) is 12.5 Å². The van der Waals surface area contributed by atoms with Gasteiger partial charge in [0.2, 0.25) is 0 Å². The summed E-state index contributed by atoms with van der Waals surface area (Å²) in [4.78, 5) is 21.1. The predicted octanol–water partition coefficient (Wildman–Crippen LogP) is 4.04. The van der Waals surface area contributed by atoms with Crippen molar-refractivity contribution in [3.8, 4) is 0 Å². The molecule has 0 aromatic heterocycles. The summed E-state index contributed by atoms with van der Waals surface area (Å²) < 4.78 is 5.57. The third kappa shape index (κ3) is 7.76. The van der Waals surface area contributed by atoms with E-state index >= 15 is 0 Å². The molecule has 1 aliphatic rings. The highest BCUT2D eigenvalue weighted by molar-refractivity contribution is 6.45. The van der Waals surface area contributed by atoms with Crippen molar-refractivity contribution >= 4 is 23.0 Å². The molecule has 0 atom stereocenters. The molecule has 0 saturated carbocycles. The zero-order valence-electron chi connectivity index (χ0n) is 18.6. The van der Waals surface area contributed by atoms with Crippen LogP contribution in [-0.4, -0.2) is 50.0 Å². The number of nitrogens with zero attached hydrogens (tertiary/aromatic N) is 4. The van der Waals surface area contributed by atoms with Gasteiger partial charge >= 0.3 is 0 Å². The topological polar surface area (TPSA) is 95.6 Å². The molecular weight excluding hydrogens is 400 g/mol. The Labute approximate surface area is 183 Å². The van der Waals surface area contributed by atoms with Crippen molar-refractivity contribution in [3.05, 3.63) is 47.5 Å². The zero-order chi connectivity index (χ0) is 22.5. The highest BCUT2D eigenvalue weighted by atomic mass is 16.7. The van der Waals surface area contributed by atoms with Crippen molar-refractivity contribution in [1.29, 1.82) is 0 Å². The fourth-order valence-corrected chi connectivity index (χ4v) is 2.57. The Morgan fingerprint density at radius 2 is 1.94 bits per heavy atom. The summed E-state index contributed by atoms with van der Waals surface area (Å²) in [6, 6.07) is 7.56. The van der Waals surface area contributed by atoms with Crippen LogP contribution in [0.5, 0.6) is 0 Å². The van der Waals surface area contributed by atoms with Crippen LogP contribution in [0.1, 0.15) is 44.7 Å². The first-order valence-corrected chi connectivity index (χ1v) is 10.1. The summed E-state index contributed by atoms with van der Waals surface area (Å²) in [5.41, 5.74) is 4.24. The molecule has 0 fully saturated rings. The van der Waals surface area contributed by atoms with Gasteiger partial charge in [-0.05, 0) is 25.4 Å². The molecule has 0 unspecified atom stereocenters. The second-order valence-electron chi connectivity index (χ2n) is 6.81. The average Bonchev–Trinajstić information content (AvgIpc) is 2.77. The van der Waals surface area contributed by atoms with Crippen molar-refractivity contribution in [2.24, 2.45) is 20.6 Å². The van der Waals surface area contributed by atoms with Crippen LogP contribution in [-0.2, 0) is 30.7 Å². The van der Waals surface area contributed by atoms with Crippen molar-refractivity contribution in [2.75, 3.05) is 26.9 Å². The molecule has 0 spiro atoms. The van der Waals surface area contributed by atoms with Gasteiger partial charge in [0, 0.05) is 17.5 Å². The maximum absolute atomic E-state index is 5.62. The maximum Gasteiger partial charge on any atom is 0.280 e. The molecule has 1 aromatic rings. The summed E-state index contributed by atoms with van der Waals surface area (Å²) in [7, 11) is 1.46. The molecule has 9 nitrogen and oxygen atoms in total. The van der Waals surface area contributed by atoms with Gasteiger partial charge in [0.1, 0.15) is 38.4 Å². The molecule has 0 amide bonds. The lowest BCUT2D eigenvalue weighted by molar-refractivity contribution is 0.0672. The summed E-state index contributed by atoms with van der Waals surface area (Å²) >= 11 is 0. The van der Waals surface area contributed by atoms with E-state index in [0.29, 0.717) is 43.4 Å². The number of ether oxygens (including phenoxy) is 1. The second kappa shape index (κ2) is 13.0. The number of benzene rings is 1. The molecular formula is C22H30N4O5. The first kappa shape index (κ1) is 23.9. The van der Waals surface area contributed by atoms with E-state index in [4.69, 9.17) is 24.1 Å². The first-order chi connectivity index (χ1) is 15.1. The predicted molar refractivity (Wildman–Crippen MR) is 120 cm³/mol. The Morgan fingerprint density at radius 3 is 2.61 bits per heavy atom. The van der Waals surface area contributed by atoms with E-state index < -0.39 is 0 Å². The maximum atomic E-state index is 5.62. The van der Waals surface area contributed by atoms with Crippen LogP contribution in [0.2, 0.25) is 0 Å². The average molecular weight is 431 g/mol. The molecule has 0 aliphatic carbocycles. The lowest BCUT2D eigenvalue weighted by atomic mass is 10.0. The lowest BCUT2D eigenvalue weighted by Gasteiger charge is -2.16. The minimum absolute atomic E-state index is 0.195.